The number of allylic oxidation sites excluding steroid dienone is 2. The van der Waals surface area contributed by atoms with Gasteiger partial charge in [0, 0.05) is 0 Å². The van der Waals surface area contributed by atoms with Gasteiger partial charge in [-0.1, -0.05) is 23.8 Å². The predicted octanol–water partition coefficient (Wildman–Crippen LogP) is 1.86. The fourth-order valence-electron chi connectivity index (χ4n) is 0.474. The molecule has 52 valence electrons. The molecular formula is C8H15N. The van der Waals surface area contributed by atoms with Gasteiger partial charge in [0.1, 0.15) is 0 Å². The van der Waals surface area contributed by atoms with Crippen molar-refractivity contribution in [3.63, 3.8) is 0 Å². The van der Waals surface area contributed by atoms with Crippen molar-refractivity contribution in [2.45, 2.75) is 20.3 Å². The van der Waals surface area contributed by atoms with Crippen molar-refractivity contribution in [3.05, 3.63) is 23.8 Å². The molecule has 0 saturated carbocycles. The zero-order chi connectivity index (χ0) is 7.28. The van der Waals surface area contributed by atoms with Crippen molar-refractivity contribution in [2.75, 3.05) is 6.54 Å². The van der Waals surface area contributed by atoms with Gasteiger partial charge in [-0.05, 0) is 26.8 Å². The summed E-state index contributed by atoms with van der Waals surface area (Å²) in [6.45, 7) is 8.58. The van der Waals surface area contributed by atoms with Gasteiger partial charge < -0.3 is 5.73 Å². The third-order valence-corrected chi connectivity index (χ3v) is 1.29. The molecule has 0 aromatic carbocycles. The molecule has 0 heterocycles. The maximum atomic E-state index is 5.30. The molecule has 0 aromatic heterocycles. The van der Waals surface area contributed by atoms with Gasteiger partial charge in [0.2, 0.25) is 0 Å². The third-order valence-electron chi connectivity index (χ3n) is 1.29. The van der Waals surface area contributed by atoms with Crippen molar-refractivity contribution < 1.29 is 0 Å². The summed E-state index contributed by atoms with van der Waals surface area (Å²) < 4.78 is 0. The molecule has 0 aromatic rings. The van der Waals surface area contributed by atoms with E-state index in [9.17, 15) is 0 Å². The smallest absolute Gasteiger partial charge is 0.00424 e. The lowest BCUT2D eigenvalue weighted by Crippen LogP contribution is -1.95. The highest BCUT2D eigenvalue weighted by Gasteiger charge is 1.85. The van der Waals surface area contributed by atoms with Gasteiger partial charge in [-0.15, -0.1) is 0 Å². The number of rotatable bonds is 3. The normalized spacial score (nSPS) is 11.7. The van der Waals surface area contributed by atoms with Crippen LogP contribution in [0.3, 0.4) is 0 Å². The molecule has 0 aliphatic rings. The van der Waals surface area contributed by atoms with Crippen LogP contribution in [0.15, 0.2) is 23.8 Å². The average molecular weight is 125 g/mol. The SMILES string of the molecule is C=C(C)C(C)=CCCN. The van der Waals surface area contributed by atoms with E-state index in [0.29, 0.717) is 0 Å². The Bertz CT molecular complexity index is 123. The zero-order valence-electron chi connectivity index (χ0n) is 6.28. The minimum Gasteiger partial charge on any atom is -0.330 e. The summed E-state index contributed by atoms with van der Waals surface area (Å²) in [5.74, 6) is 0. The van der Waals surface area contributed by atoms with E-state index in [0.717, 1.165) is 18.5 Å². The van der Waals surface area contributed by atoms with Gasteiger partial charge in [0.25, 0.3) is 0 Å². The quantitative estimate of drug-likeness (QED) is 0.572. The average Bonchev–Trinajstić information content (AvgIpc) is 1.82. The second-order valence-electron chi connectivity index (χ2n) is 2.24. The molecule has 0 saturated heterocycles. The van der Waals surface area contributed by atoms with Crippen LogP contribution >= 0.6 is 0 Å². The van der Waals surface area contributed by atoms with Crippen LogP contribution in [-0.2, 0) is 0 Å². The minimum absolute atomic E-state index is 0.727. The van der Waals surface area contributed by atoms with Crippen molar-refractivity contribution in [3.8, 4) is 0 Å². The van der Waals surface area contributed by atoms with Gasteiger partial charge in [-0.25, -0.2) is 0 Å². The Kier molecular flexibility index (Phi) is 4.06. The van der Waals surface area contributed by atoms with Gasteiger partial charge in [-0.3, -0.25) is 0 Å². The molecule has 0 rings (SSSR count). The van der Waals surface area contributed by atoms with Crippen molar-refractivity contribution in [1.82, 2.24) is 0 Å². The maximum absolute atomic E-state index is 5.30. The highest BCUT2D eigenvalue weighted by atomic mass is 14.5. The summed E-state index contributed by atoms with van der Waals surface area (Å²) >= 11 is 0. The molecule has 1 nitrogen and oxygen atoms in total. The molecule has 0 spiro atoms. The Morgan fingerprint density at radius 2 is 2.11 bits per heavy atom. The van der Waals surface area contributed by atoms with Gasteiger partial charge in [0.15, 0.2) is 0 Å². The summed E-state index contributed by atoms with van der Waals surface area (Å²) in [7, 11) is 0. The number of hydrogen-bond acceptors (Lipinski definition) is 1. The summed E-state index contributed by atoms with van der Waals surface area (Å²) in [6.07, 6.45) is 3.07. The van der Waals surface area contributed by atoms with Crippen LogP contribution in [0.25, 0.3) is 0 Å². The van der Waals surface area contributed by atoms with Crippen LogP contribution in [0.5, 0.6) is 0 Å². The molecule has 9 heavy (non-hydrogen) atoms. The van der Waals surface area contributed by atoms with Crippen LogP contribution in [-0.4, -0.2) is 6.54 Å². The summed E-state index contributed by atoms with van der Waals surface area (Å²) in [5, 5.41) is 0. The molecule has 2 N–H and O–H groups in total. The second kappa shape index (κ2) is 4.33. The Labute approximate surface area is 57.3 Å². The van der Waals surface area contributed by atoms with Crippen LogP contribution in [0.2, 0.25) is 0 Å². The molecule has 0 aliphatic heterocycles. The molecule has 0 radical (unpaired) electrons. The van der Waals surface area contributed by atoms with E-state index in [1.807, 2.05) is 6.92 Å². The summed E-state index contributed by atoms with van der Waals surface area (Å²) in [6, 6.07) is 0. The van der Waals surface area contributed by atoms with E-state index in [-0.39, 0.29) is 0 Å². The lowest BCUT2D eigenvalue weighted by atomic mass is 10.1. The zero-order valence-corrected chi connectivity index (χ0v) is 6.28. The topological polar surface area (TPSA) is 26.0 Å². The van der Waals surface area contributed by atoms with Crippen LogP contribution in [0.4, 0.5) is 0 Å². The molecular weight excluding hydrogens is 110 g/mol. The summed E-state index contributed by atoms with van der Waals surface area (Å²) in [4.78, 5) is 0. The Hall–Kier alpha value is -0.560. The van der Waals surface area contributed by atoms with Crippen LogP contribution < -0.4 is 5.73 Å². The molecule has 0 aliphatic carbocycles. The van der Waals surface area contributed by atoms with Crippen LogP contribution in [0, 0.1) is 0 Å². The van der Waals surface area contributed by atoms with Crippen molar-refractivity contribution in [2.24, 2.45) is 5.73 Å². The molecule has 1 heteroatoms. The van der Waals surface area contributed by atoms with E-state index in [4.69, 9.17) is 5.73 Å². The van der Waals surface area contributed by atoms with E-state index in [1.54, 1.807) is 0 Å². The third kappa shape index (κ3) is 3.98. The lowest BCUT2D eigenvalue weighted by Gasteiger charge is -1.96. The van der Waals surface area contributed by atoms with Crippen molar-refractivity contribution in [1.29, 1.82) is 0 Å². The molecule has 0 atom stereocenters. The minimum atomic E-state index is 0.727. The van der Waals surface area contributed by atoms with Gasteiger partial charge in [-0.2, -0.15) is 0 Å². The van der Waals surface area contributed by atoms with E-state index >= 15 is 0 Å². The first-order chi connectivity index (χ1) is 4.18. The number of nitrogens with two attached hydrogens (primary N) is 1. The fourth-order valence-corrected chi connectivity index (χ4v) is 0.474. The van der Waals surface area contributed by atoms with E-state index in [1.165, 1.54) is 5.57 Å². The Morgan fingerprint density at radius 1 is 1.56 bits per heavy atom. The standard InChI is InChI=1S/C8H15N/c1-7(2)8(3)5-4-6-9/h5H,1,4,6,9H2,2-3H3. The fraction of sp³-hybridized carbons (Fsp3) is 0.500. The molecule has 0 unspecified atom stereocenters. The highest BCUT2D eigenvalue weighted by molar-refractivity contribution is 5.23. The second-order valence-corrected chi connectivity index (χ2v) is 2.24. The van der Waals surface area contributed by atoms with Crippen molar-refractivity contribution >= 4 is 0 Å². The first-order valence-electron chi connectivity index (χ1n) is 3.21. The molecule has 0 amide bonds. The summed E-state index contributed by atoms with van der Waals surface area (Å²) in [5.41, 5.74) is 7.68. The van der Waals surface area contributed by atoms with Gasteiger partial charge in [0.05, 0.1) is 0 Å². The van der Waals surface area contributed by atoms with E-state index < -0.39 is 0 Å². The van der Waals surface area contributed by atoms with Crippen LogP contribution in [0.1, 0.15) is 20.3 Å². The predicted molar refractivity (Wildman–Crippen MR) is 42.2 cm³/mol. The first-order valence-corrected chi connectivity index (χ1v) is 3.21. The van der Waals surface area contributed by atoms with E-state index in [2.05, 4.69) is 19.6 Å². The number of hydrogen-bond donors (Lipinski definition) is 1. The molecule has 0 fully saturated rings. The largest absolute Gasteiger partial charge is 0.330 e. The van der Waals surface area contributed by atoms with Gasteiger partial charge >= 0.3 is 0 Å². The Morgan fingerprint density at radius 3 is 2.44 bits per heavy atom. The molecule has 0 bridgehead atoms. The lowest BCUT2D eigenvalue weighted by molar-refractivity contribution is 0.997. The first kappa shape index (κ1) is 8.44. The highest BCUT2D eigenvalue weighted by Crippen LogP contribution is 2.04. The monoisotopic (exact) mass is 125 g/mol. The maximum Gasteiger partial charge on any atom is -0.00424 e. The Balaban J connectivity index is 3.69.